The van der Waals surface area contributed by atoms with Crippen molar-refractivity contribution in [2.45, 2.75) is 32.2 Å². The van der Waals surface area contributed by atoms with Gasteiger partial charge in [-0.05, 0) is 31.0 Å². The summed E-state index contributed by atoms with van der Waals surface area (Å²) >= 11 is 5.91. The summed E-state index contributed by atoms with van der Waals surface area (Å²) in [4.78, 5) is 16.1. The molecule has 1 fully saturated rings. The van der Waals surface area contributed by atoms with Crippen LogP contribution >= 0.6 is 11.6 Å². The number of nitrogens with one attached hydrogen (secondary N) is 1. The number of imidazole rings is 1. The number of carbonyl (C=O) groups excluding carboxylic acids is 1. The number of rotatable bonds is 3. The summed E-state index contributed by atoms with van der Waals surface area (Å²) in [7, 11) is 0. The molecule has 20 heavy (non-hydrogen) atoms. The molecule has 1 aromatic heterocycles. The largest absolute Gasteiger partial charge is 0.354 e. The molecular weight excluding hydrogens is 274 g/mol. The lowest BCUT2D eigenvalue weighted by molar-refractivity contribution is -0.122. The molecule has 0 aliphatic carbocycles. The first kappa shape index (κ1) is 13.4. The van der Waals surface area contributed by atoms with E-state index >= 15 is 0 Å². The van der Waals surface area contributed by atoms with E-state index in [0.29, 0.717) is 18.8 Å². The molecule has 0 bridgehead atoms. The maximum absolute atomic E-state index is 11.3. The minimum absolute atomic E-state index is 0.139. The predicted molar refractivity (Wildman–Crippen MR) is 80.2 cm³/mol. The van der Waals surface area contributed by atoms with Gasteiger partial charge in [0.15, 0.2) is 0 Å². The molecule has 3 rings (SSSR count). The van der Waals surface area contributed by atoms with Gasteiger partial charge < -0.3 is 9.88 Å². The van der Waals surface area contributed by atoms with Crippen molar-refractivity contribution in [2.75, 3.05) is 12.4 Å². The van der Waals surface area contributed by atoms with Gasteiger partial charge in [-0.3, -0.25) is 4.79 Å². The van der Waals surface area contributed by atoms with Gasteiger partial charge in [0.2, 0.25) is 5.91 Å². The topological polar surface area (TPSA) is 46.9 Å². The highest BCUT2D eigenvalue weighted by Gasteiger charge is 2.23. The van der Waals surface area contributed by atoms with Crippen molar-refractivity contribution >= 4 is 28.5 Å². The maximum atomic E-state index is 11.3. The Bertz CT molecular complexity index is 640. The van der Waals surface area contributed by atoms with Crippen molar-refractivity contribution in [3.05, 3.63) is 29.6 Å². The van der Waals surface area contributed by atoms with Crippen LogP contribution in [0.4, 0.5) is 0 Å². The van der Waals surface area contributed by atoms with Gasteiger partial charge in [0.1, 0.15) is 5.82 Å². The van der Waals surface area contributed by atoms with Crippen molar-refractivity contribution in [1.82, 2.24) is 14.9 Å². The van der Waals surface area contributed by atoms with Gasteiger partial charge in [-0.25, -0.2) is 4.98 Å². The van der Waals surface area contributed by atoms with Crippen molar-refractivity contribution in [1.29, 1.82) is 0 Å². The molecule has 4 nitrogen and oxygen atoms in total. The molecule has 1 amide bonds. The molecule has 0 radical (unpaired) electrons. The molecule has 1 atom stereocenters. The third kappa shape index (κ3) is 2.40. The van der Waals surface area contributed by atoms with Crippen LogP contribution in [-0.2, 0) is 11.2 Å². The predicted octanol–water partition coefficient (Wildman–Crippen LogP) is 2.58. The molecule has 1 aliphatic heterocycles. The normalized spacial score (nSPS) is 19.3. The third-order valence-electron chi connectivity index (χ3n) is 3.84. The monoisotopic (exact) mass is 291 g/mol. The van der Waals surface area contributed by atoms with Gasteiger partial charge in [0, 0.05) is 25.3 Å². The van der Waals surface area contributed by atoms with E-state index in [1.54, 1.807) is 0 Å². The number of aryl methyl sites for hydroxylation is 2. The molecule has 0 saturated carbocycles. The smallest absolute Gasteiger partial charge is 0.220 e. The summed E-state index contributed by atoms with van der Waals surface area (Å²) < 4.78 is 2.26. The second-order valence-electron chi connectivity index (χ2n) is 5.33. The molecule has 106 valence electrons. The first-order valence-corrected chi connectivity index (χ1v) is 7.52. The fraction of sp³-hybridized carbons (Fsp3) is 0.467. The number of benzene rings is 1. The van der Waals surface area contributed by atoms with Crippen LogP contribution in [0.3, 0.4) is 0 Å². The van der Waals surface area contributed by atoms with E-state index < -0.39 is 0 Å². The van der Waals surface area contributed by atoms with Gasteiger partial charge in [-0.15, -0.1) is 11.6 Å². The lowest BCUT2D eigenvalue weighted by Crippen LogP contribution is -2.36. The van der Waals surface area contributed by atoms with Gasteiger partial charge in [-0.1, -0.05) is 6.07 Å². The second-order valence-corrected chi connectivity index (χ2v) is 5.70. The Morgan fingerprint density at radius 3 is 3.05 bits per heavy atom. The van der Waals surface area contributed by atoms with E-state index in [4.69, 9.17) is 16.6 Å². The Morgan fingerprint density at radius 1 is 1.50 bits per heavy atom. The second kappa shape index (κ2) is 5.44. The van der Waals surface area contributed by atoms with Gasteiger partial charge in [0.25, 0.3) is 0 Å². The van der Waals surface area contributed by atoms with E-state index in [1.807, 2.05) is 0 Å². The highest BCUT2D eigenvalue weighted by atomic mass is 35.5. The quantitative estimate of drug-likeness (QED) is 0.884. The summed E-state index contributed by atoms with van der Waals surface area (Å²) in [5.41, 5.74) is 3.36. The van der Waals surface area contributed by atoms with Crippen molar-refractivity contribution in [3.8, 4) is 0 Å². The van der Waals surface area contributed by atoms with E-state index in [-0.39, 0.29) is 11.9 Å². The fourth-order valence-electron chi connectivity index (χ4n) is 2.87. The van der Waals surface area contributed by atoms with Crippen LogP contribution in [0.1, 0.15) is 30.3 Å². The number of amides is 1. The molecule has 5 heteroatoms. The number of hydrogen-bond donors (Lipinski definition) is 1. The molecule has 1 aromatic carbocycles. The Labute approximate surface area is 123 Å². The summed E-state index contributed by atoms with van der Waals surface area (Å²) in [5.74, 6) is 1.71. The molecule has 1 N–H and O–H groups in total. The van der Waals surface area contributed by atoms with E-state index in [9.17, 15) is 4.79 Å². The van der Waals surface area contributed by atoms with Gasteiger partial charge in [0.05, 0.1) is 17.1 Å². The molecule has 1 saturated heterocycles. The minimum Gasteiger partial charge on any atom is -0.354 e. The lowest BCUT2D eigenvalue weighted by Gasteiger charge is -2.26. The first-order valence-electron chi connectivity index (χ1n) is 6.99. The summed E-state index contributed by atoms with van der Waals surface area (Å²) in [6.07, 6.45) is 2.19. The van der Waals surface area contributed by atoms with Crippen LogP contribution in [0, 0.1) is 6.92 Å². The molecule has 2 heterocycles. The summed E-state index contributed by atoms with van der Waals surface area (Å²) in [6, 6.07) is 6.60. The van der Waals surface area contributed by atoms with Crippen molar-refractivity contribution in [3.63, 3.8) is 0 Å². The van der Waals surface area contributed by atoms with E-state index in [2.05, 4.69) is 35.0 Å². The number of hydrogen-bond acceptors (Lipinski definition) is 2. The SMILES string of the molecule is Cc1ccc2c(c1)nc(CCCl)n2C1CCC(=O)NC1. The summed E-state index contributed by atoms with van der Waals surface area (Å²) in [6.45, 7) is 2.74. The zero-order valence-electron chi connectivity index (χ0n) is 11.5. The third-order valence-corrected chi connectivity index (χ3v) is 4.03. The van der Waals surface area contributed by atoms with Crippen LogP contribution in [0.15, 0.2) is 18.2 Å². The minimum atomic E-state index is 0.139. The Kier molecular flexibility index (Phi) is 3.66. The highest BCUT2D eigenvalue weighted by molar-refractivity contribution is 6.17. The highest BCUT2D eigenvalue weighted by Crippen LogP contribution is 2.26. The number of fused-ring (bicyclic) bond motifs is 1. The Morgan fingerprint density at radius 2 is 2.35 bits per heavy atom. The van der Waals surface area contributed by atoms with E-state index in [0.717, 1.165) is 29.7 Å². The standard InChI is InChI=1S/C15H18ClN3O/c1-10-2-4-13-12(8-10)18-14(6-7-16)19(13)11-3-5-15(20)17-9-11/h2,4,8,11H,3,5-7,9H2,1H3,(H,17,20). The molecule has 0 spiro atoms. The molecule has 1 unspecified atom stereocenters. The molecule has 1 aliphatic rings. The number of carbonyl (C=O) groups is 1. The number of aromatic nitrogens is 2. The van der Waals surface area contributed by atoms with Crippen LogP contribution in [0.5, 0.6) is 0 Å². The number of halogens is 1. The van der Waals surface area contributed by atoms with Crippen LogP contribution in [-0.4, -0.2) is 27.9 Å². The number of piperidine rings is 1. The van der Waals surface area contributed by atoms with Gasteiger partial charge in [-0.2, -0.15) is 0 Å². The zero-order chi connectivity index (χ0) is 14.1. The fourth-order valence-corrected chi connectivity index (χ4v) is 3.04. The Hall–Kier alpha value is -1.55. The van der Waals surface area contributed by atoms with Crippen molar-refractivity contribution in [2.24, 2.45) is 0 Å². The maximum Gasteiger partial charge on any atom is 0.220 e. The van der Waals surface area contributed by atoms with Crippen LogP contribution < -0.4 is 5.32 Å². The zero-order valence-corrected chi connectivity index (χ0v) is 12.3. The average Bonchev–Trinajstić information content (AvgIpc) is 2.77. The van der Waals surface area contributed by atoms with Gasteiger partial charge >= 0.3 is 0 Å². The van der Waals surface area contributed by atoms with E-state index in [1.165, 1.54) is 5.56 Å². The molecular formula is C15H18ClN3O. The number of nitrogens with zero attached hydrogens (tertiary/aromatic N) is 2. The van der Waals surface area contributed by atoms with Crippen LogP contribution in [0.25, 0.3) is 11.0 Å². The van der Waals surface area contributed by atoms with Crippen molar-refractivity contribution < 1.29 is 4.79 Å². The Balaban J connectivity index is 2.06. The number of alkyl halides is 1. The summed E-state index contributed by atoms with van der Waals surface area (Å²) in [5, 5.41) is 2.95. The molecule has 2 aromatic rings. The average molecular weight is 292 g/mol. The van der Waals surface area contributed by atoms with Crippen LogP contribution in [0.2, 0.25) is 0 Å². The first-order chi connectivity index (χ1) is 9.69. The lowest BCUT2D eigenvalue weighted by atomic mass is 10.1.